The summed E-state index contributed by atoms with van der Waals surface area (Å²) in [6, 6.07) is 7.79. The molecule has 1 aromatic rings. The molecule has 0 bridgehead atoms. The highest BCUT2D eigenvalue weighted by atomic mass is 16.2. The van der Waals surface area contributed by atoms with Gasteiger partial charge in [-0.2, -0.15) is 0 Å². The smallest absolute Gasteiger partial charge is 0.246 e. The number of nitrogens with zero attached hydrogens (tertiary/aromatic N) is 1. The first kappa shape index (κ1) is 15.5. The first-order valence-electron chi connectivity index (χ1n) is 7.44. The van der Waals surface area contributed by atoms with Crippen LogP contribution in [0.2, 0.25) is 0 Å². The van der Waals surface area contributed by atoms with Crippen molar-refractivity contribution in [2.24, 2.45) is 0 Å². The number of nitrogens with one attached hydrogen (secondary N) is 1. The zero-order chi connectivity index (χ0) is 15.8. The van der Waals surface area contributed by atoms with E-state index < -0.39 is 11.6 Å². The molecule has 1 saturated heterocycles. The van der Waals surface area contributed by atoms with Gasteiger partial charge < -0.3 is 10.2 Å². The lowest BCUT2D eigenvalue weighted by Crippen LogP contribution is -2.67. The van der Waals surface area contributed by atoms with Crippen molar-refractivity contribution in [3.8, 4) is 0 Å². The minimum atomic E-state index is -0.819. The highest BCUT2D eigenvalue weighted by Crippen LogP contribution is 2.24. The largest absolute Gasteiger partial charge is 0.343 e. The number of amides is 2. The molecule has 0 spiro atoms. The molecule has 1 atom stereocenters. The first-order chi connectivity index (χ1) is 9.73. The third-order valence-electron chi connectivity index (χ3n) is 4.20. The molecule has 4 nitrogen and oxygen atoms in total. The summed E-state index contributed by atoms with van der Waals surface area (Å²) in [4.78, 5) is 26.2. The molecule has 4 heteroatoms. The SMILES string of the molecule is CC1NC(=O)C(C)(C)N(Cc2ccc(C(C)C)cc2)C1=O. The van der Waals surface area contributed by atoms with E-state index in [1.54, 1.807) is 25.7 Å². The van der Waals surface area contributed by atoms with E-state index in [1.807, 2.05) is 12.1 Å². The Morgan fingerprint density at radius 3 is 2.29 bits per heavy atom. The van der Waals surface area contributed by atoms with Crippen molar-refractivity contribution in [3.05, 3.63) is 35.4 Å². The molecule has 0 aromatic heterocycles. The van der Waals surface area contributed by atoms with E-state index in [4.69, 9.17) is 0 Å². The molecule has 0 radical (unpaired) electrons. The lowest BCUT2D eigenvalue weighted by atomic mass is 9.94. The van der Waals surface area contributed by atoms with Crippen LogP contribution in [0.1, 0.15) is 51.7 Å². The van der Waals surface area contributed by atoms with E-state index in [0.717, 1.165) is 5.56 Å². The molecule has 2 rings (SSSR count). The Bertz CT molecular complexity index is 546. The number of hydrogen-bond donors (Lipinski definition) is 1. The van der Waals surface area contributed by atoms with Gasteiger partial charge in [0.15, 0.2) is 0 Å². The molecule has 1 aliphatic rings. The molecule has 1 N–H and O–H groups in total. The fourth-order valence-corrected chi connectivity index (χ4v) is 2.53. The van der Waals surface area contributed by atoms with Crippen molar-refractivity contribution >= 4 is 11.8 Å². The van der Waals surface area contributed by atoms with Crippen LogP contribution in [0.4, 0.5) is 0 Å². The molecule has 0 saturated carbocycles. The molecule has 21 heavy (non-hydrogen) atoms. The zero-order valence-corrected chi connectivity index (χ0v) is 13.4. The van der Waals surface area contributed by atoms with E-state index in [-0.39, 0.29) is 11.8 Å². The number of piperazine rings is 1. The predicted octanol–water partition coefficient (Wildman–Crippen LogP) is 2.44. The van der Waals surface area contributed by atoms with Gasteiger partial charge in [-0.3, -0.25) is 9.59 Å². The third kappa shape index (κ3) is 2.94. The quantitative estimate of drug-likeness (QED) is 0.928. The maximum atomic E-state index is 12.4. The van der Waals surface area contributed by atoms with Gasteiger partial charge in [-0.1, -0.05) is 38.1 Å². The lowest BCUT2D eigenvalue weighted by Gasteiger charge is -2.43. The molecule has 1 unspecified atom stereocenters. The zero-order valence-electron chi connectivity index (χ0n) is 13.4. The summed E-state index contributed by atoms with van der Waals surface area (Å²) in [7, 11) is 0. The summed E-state index contributed by atoms with van der Waals surface area (Å²) < 4.78 is 0. The lowest BCUT2D eigenvalue weighted by molar-refractivity contribution is -0.155. The van der Waals surface area contributed by atoms with E-state index in [0.29, 0.717) is 12.5 Å². The molecule has 1 fully saturated rings. The minimum absolute atomic E-state index is 0.0347. The van der Waals surface area contributed by atoms with Crippen LogP contribution in [0.15, 0.2) is 24.3 Å². The molecule has 1 aromatic carbocycles. The molecular weight excluding hydrogens is 264 g/mol. The minimum Gasteiger partial charge on any atom is -0.343 e. The normalized spacial score (nSPS) is 21.6. The molecule has 1 aliphatic heterocycles. The monoisotopic (exact) mass is 288 g/mol. The number of carbonyl (C=O) groups excluding carboxylic acids is 2. The number of carbonyl (C=O) groups is 2. The van der Waals surface area contributed by atoms with Gasteiger partial charge in [0.1, 0.15) is 11.6 Å². The molecule has 0 aliphatic carbocycles. The van der Waals surface area contributed by atoms with Crippen LogP contribution in [-0.2, 0) is 16.1 Å². The maximum Gasteiger partial charge on any atom is 0.246 e. The second kappa shape index (κ2) is 5.51. The van der Waals surface area contributed by atoms with E-state index >= 15 is 0 Å². The second-order valence-corrected chi connectivity index (χ2v) is 6.57. The van der Waals surface area contributed by atoms with E-state index in [9.17, 15) is 9.59 Å². The van der Waals surface area contributed by atoms with Crippen molar-refractivity contribution in [1.29, 1.82) is 0 Å². The van der Waals surface area contributed by atoms with Crippen molar-refractivity contribution in [2.75, 3.05) is 0 Å². The molecule has 2 amide bonds. The Hall–Kier alpha value is -1.84. The van der Waals surface area contributed by atoms with Gasteiger partial charge >= 0.3 is 0 Å². The standard InChI is InChI=1S/C17H24N2O2/c1-11(2)14-8-6-13(7-9-14)10-19-15(20)12(3)18-16(21)17(19,4)5/h6-9,11-12H,10H2,1-5H3,(H,18,21). The summed E-state index contributed by atoms with van der Waals surface area (Å²) in [6.07, 6.45) is 0. The van der Waals surface area contributed by atoms with Crippen LogP contribution in [0.3, 0.4) is 0 Å². The van der Waals surface area contributed by atoms with Crippen molar-refractivity contribution < 1.29 is 9.59 Å². The Morgan fingerprint density at radius 2 is 1.76 bits per heavy atom. The third-order valence-corrected chi connectivity index (χ3v) is 4.20. The van der Waals surface area contributed by atoms with Crippen molar-refractivity contribution in [3.63, 3.8) is 0 Å². The maximum absolute atomic E-state index is 12.4. The van der Waals surface area contributed by atoms with Crippen LogP contribution in [-0.4, -0.2) is 28.3 Å². The topological polar surface area (TPSA) is 49.4 Å². The van der Waals surface area contributed by atoms with Gasteiger partial charge in [-0.05, 0) is 37.8 Å². The molecule has 114 valence electrons. The van der Waals surface area contributed by atoms with E-state index in [2.05, 4.69) is 31.3 Å². The summed E-state index contributed by atoms with van der Waals surface area (Å²) in [5, 5.41) is 2.73. The average Bonchev–Trinajstić information content (AvgIpc) is 2.42. The van der Waals surface area contributed by atoms with Crippen LogP contribution in [0, 0.1) is 0 Å². The Morgan fingerprint density at radius 1 is 1.19 bits per heavy atom. The summed E-state index contributed by atoms with van der Waals surface area (Å²) in [5.74, 6) is 0.346. The highest BCUT2D eigenvalue weighted by molar-refractivity contribution is 5.99. The Kier molecular flexibility index (Phi) is 4.08. The average molecular weight is 288 g/mol. The van der Waals surface area contributed by atoms with Gasteiger partial charge in [0.05, 0.1) is 0 Å². The fraction of sp³-hybridized carbons (Fsp3) is 0.529. The van der Waals surface area contributed by atoms with E-state index in [1.165, 1.54) is 5.56 Å². The van der Waals surface area contributed by atoms with Crippen LogP contribution >= 0.6 is 0 Å². The molecular formula is C17H24N2O2. The Balaban J connectivity index is 2.23. The van der Waals surface area contributed by atoms with Gasteiger partial charge in [0.2, 0.25) is 11.8 Å². The Labute approximate surface area is 126 Å². The first-order valence-corrected chi connectivity index (χ1v) is 7.44. The van der Waals surface area contributed by atoms with Gasteiger partial charge in [0.25, 0.3) is 0 Å². The second-order valence-electron chi connectivity index (χ2n) is 6.57. The van der Waals surface area contributed by atoms with Crippen LogP contribution in [0.5, 0.6) is 0 Å². The van der Waals surface area contributed by atoms with Gasteiger partial charge in [0, 0.05) is 6.54 Å². The number of hydrogen-bond acceptors (Lipinski definition) is 2. The van der Waals surface area contributed by atoms with Gasteiger partial charge in [-0.25, -0.2) is 0 Å². The summed E-state index contributed by atoms with van der Waals surface area (Å²) in [5.41, 5.74) is 1.50. The summed E-state index contributed by atoms with van der Waals surface area (Å²) in [6.45, 7) is 10.1. The number of rotatable bonds is 3. The van der Waals surface area contributed by atoms with Gasteiger partial charge in [-0.15, -0.1) is 0 Å². The predicted molar refractivity (Wildman–Crippen MR) is 82.8 cm³/mol. The molecule has 1 heterocycles. The van der Waals surface area contributed by atoms with Crippen molar-refractivity contribution in [1.82, 2.24) is 10.2 Å². The number of benzene rings is 1. The summed E-state index contributed by atoms with van der Waals surface area (Å²) >= 11 is 0. The van der Waals surface area contributed by atoms with Crippen LogP contribution < -0.4 is 5.32 Å². The van der Waals surface area contributed by atoms with Crippen molar-refractivity contribution in [2.45, 2.75) is 58.7 Å². The highest BCUT2D eigenvalue weighted by Gasteiger charge is 2.44. The van der Waals surface area contributed by atoms with Crippen LogP contribution in [0.25, 0.3) is 0 Å². The fourth-order valence-electron chi connectivity index (χ4n) is 2.53.